The van der Waals surface area contributed by atoms with Crippen LogP contribution in [0.5, 0.6) is 0 Å². The van der Waals surface area contributed by atoms with E-state index in [2.05, 4.69) is 10.3 Å². The molecular formula is C21H24N4O3. The van der Waals surface area contributed by atoms with E-state index >= 15 is 0 Å². The van der Waals surface area contributed by atoms with Gasteiger partial charge in [-0.15, -0.1) is 0 Å². The van der Waals surface area contributed by atoms with Crippen LogP contribution in [0, 0.1) is 0 Å². The molecule has 2 amide bonds. The summed E-state index contributed by atoms with van der Waals surface area (Å²) >= 11 is 0. The van der Waals surface area contributed by atoms with Crippen molar-refractivity contribution in [1.82, 2.24) is 19.6 Å². The number of rotatable bonds is 8. The maximum Gasteiger partial charge on any atom is 0.287 e. The predicted molar refractivity (Wildman–Crippen MR) is 106 cm³/mol. The molecule has 0 aliphatic rings. The van der Waals surface area contributed by atoms with E-state index in [9.17, 15) is 9.59 Å². The number of methoxy groups -OCH3 is 1. The summed E-state index contributed by atoms with van der Waals surface area (Å²) in [5.74, 6) is -0.361. The lowest BCUT2D eigenvalue weighted by Gasteiger charge is -2.20. The highest BCUT2D eigenvalue weighted by Crippen LogP contribution is 2.17. The fraction of sp³-hybridized carbons (Fsp3) is 0.286. The fourth-order valence-electron chi connectivity index (χ4n) is 2.98. The number of imidazole rings is 1. The summed E-state index contributed by atoms with van der Waals surface area (Å²) in [5.41, 5.74) is 1.92. The quantitative estimate of drug-likeness (QED) is 0.609. The molecule has 7 heteroatoms. The standard InChI is InChI=1S/C21H24N4O3/c1-3-24(15-16-9-5-4-6-10-16)21(27)18-17-11-7-8-13-25(17)19(23-18)20(26)22-12-14-28-2/h4-11,13H,3,12,14-15H2,1-2H3,(H,22,26). The van der Waals surface area contributed by atoms with Gasteiger partial charge in [-0.25, -0.2) is 4.98 Å². The molecule has 0 aliphatic carbocycles. The smallest absolute Gasteiger partial charge is 0.287 e. The first-order valence-electron chi connectivity index (χ1n) is 9.23. The van der Waals surface area contributed by atoms with E-state index in [1.807, 2.05) is 43.3 Å². The van der Waals surface area contributed by atoms with Crippen LogP contribution in [0.1, 0.15) is 33.6 Å². The lowest BCUT2D eigenvalue weighted by atomic mass is 10.2. The number of amides is 2. The van der Waals surface area contributed by atoms with Crippen LogP contribution in [0.4, 0.5) is 0 Å². The lowest BCUT2D eigenvalue weighted by molar-refractivity contribution is 0.0749. The van der Waals surface area contributed by atoms with E-state index in [0.29, 0.717) is 31.8 Å². The van der Waals surface area contributed by atoms with E-state index < -0.39 is 0 Å². The molecule has 0 aliphatic heterocycles. The Morgan fingerprint density at radius 1 is 1.14 bits per heavy atom. The van der Waals surface area contributed by atoms with Crippen LogP contribution in [0.3, 0.4) is 0 Å². The molecule has 7 nitrogen and oxygen atoms in total. The maximum absolute atomic E-state index is 13.2. The molecule has 0 fully saturated rings. The summed E-state index contributed by atoms with van der Waals surface area (Å²) in [5, 5.41) is 2.76. The zero-order valence-corrected chi connectivity index (χ0v) is 16.1. The molecule has 0 atom stereocenters. The predicted octanol–water partition coefficient (Wildman–Crippen LogP) is 2.37. The van der Waals surface area contributed by atoms with Crippen molar-refractivity contribution < 1.29 is 14.3 Å². The number of hydrogen-bond donors (Lipinski definition) is 1. The van der Waals surface area contributed by atoms with Gasteiger partial charge < -0.3 is 15.0 Å². The van der Waals surface area contributed by atoms with Crippen molar-refractivity contribution in [3.8, 4) is 0 Å². The highest BCUT2D eigenvalue weighted by atomic mass is 16.5. The Kier molecular flexibility index (Phi) is 6.39. The van der Waals surface area contributed by atoms with Crippen molar-refractivity contribution in [2.75, 3.05) is 26.8 Å². The molecule has 2 aromatic heterocycles. The molecule has 0 saturated carbocycles. The van der Waals surface area contributed by atoms with Crippen LogP contribution in [-0.2, 0) is 11.3 Å². The molecular weight excluding hydrogens is 356 g/mol. The first-order valence-corrected chi connectivity index (χ1v) is 9.23. The minimum absolute atomic E-state index is 0.186. The second kappa shape index (κ2) is 9.14. The normalized spacial score (nSPS) is 10.8. The van der Waals surface area contributed by atoms with E-state index in [1.54, 1.807) is 34.7 Å². The van der Waals surface area contributed by atoms with Gasteiger partial charge in [0.25, 0.3) is 11.8 Å². The third-order valence-corrected chi connectivity index (χ3v) is 4.43. The molecule has 0 radical (unpaired) electrons. The summed E-state index contributed by atoms with van der Waals surface area (Å²) in [4.78, 5) is 31.8. The van der Waals surface area contributed by atoms with E-state index in [1.165, 1.54) is 0 Å². The van der Waals surface area contributed by atoms with Crippen LogP contribution in [0.15, 0.2) is 54.7 Å². The summed E-state index contributed by atoms with van der Waals surface area (Å²) in [7, 11) is 1.57. The second-order valence-electron chi connectivity index (χ2n) is 6.29. The van der Waals surface area contributed by atoms with Crippen molar-refractivity contribution in [3.05, 3.63) is 71.8 Å². The molecule has 0 spiro atoms. The van der Waals surface area contributed by atoms with Crippen LogP contribution in [0.2, 0.25) is 0 Å². The monoisotopic (exact) mass is 380 g/mol. The molecule has 1 aromatic carbocycles. The minimum atomic E-state index is -0.344. The van der Waals surface area contributed by atoms with E-state index in [-0.39, 0.29) is 23.3 Å². The van der Waals surface area contributed by atoms with Crippen molar-refractivity contribution >= 4 is 17.3 Å². The van der Waals surface area contributed by atoms with Gasteiger partial charge in [0.15, 0.2) is 5.69 Å². The highest BCUT2D eigenvalue weighted by molar-refractivity contribution is 6.02. The summed E-state index contributed by atoms with van der Waals surface area (Å²) in [6.07, 6.45) is 1.73. The number of fused-ring (bicyclic) bond motifs is 1. The van der Waals surface area contributed by atoms with Crippen LogP contribution in [-0.4, -0.2) is 52.9 Å². The number of aromatic nitrogens is 2. The third kappa shape index (κ3) is 4.20. The molecule has 0 unspecified atom stereocenters. The topological polar surface area (TPSA) is 75.9 Å². The molecule has 3 rings (SSSR count). The van der Waals surface area contributed by atoms with Crippen LogP contribution in [0.25, 0.3) is 5.52 Å². The van der Waals surface area contributed by atoms with Gasteiger partial charge in [0.05, 0.1) is 12.1 Å². The van der Waals surface area contributed by atoms with E-state index in [0.717, 1.165) is 5.56 Å². The Labute approximate surface area is 163 Å². The molecule has 0 bridgehead atoms. The van der Waals surface area contributed by atoms with Gasteiger partial charge in [0.1, 0.15) is 0 Å². The highest BCUT2D eigenvalue weighted by Gasteiger charge is 2.24. The van der Waals surface area contributed by atoms with Gasteiger partial charge in [0.2, 0.25) is 5.82 Å². The molecule has 146 valence electrons. The minimum Gasteiger partial charge on any atom is -0.383 e. The Balaban J connectivity index is 1.91. The third-order valence-electron chi connectivity index (χ3n) is 4.43. The summed E-state index contributed by atoms with van der Waals surface area (Å²) in [6, 6.07) is 15.2. The van der Waals surface area contributed by atoms with Crippen molar-refractivity contribution in [1.29, 1.82) is 0 Å². The fourth-order valence-corrected chi connectivity index (χ4v) is 2.98. The van der Waals surface area contributed by atoms with Crippen molar-refractivity contribution in [2.24, 2.45) is 0 Å². The SMILES string of the molecule is CCN(Cc1ccccc1)C(=O)c1nc(C(=O)NCCOC)n2ccccc12. The van der Waals surface area contributed by atoms with Crippen LogP contribution >= 0.6 is 0 Å². The number of carbonyl (C=O) groups is 2. The average molecular weight is 380 g/mol. The van der Waals surface area contributed by atoms with Gasteiger partial charge in [0, 0.05) is 32.9 Å². The largest absolute Gasteiger partial charge is 0.383 e. The Morgan fingerprint density at radius 2 is 1.89 bits per heavy atom. The molecule has 2 heterocycles. The van der Waals surface area contributed by atoms with Crippen molar-refractivity contribution in [2.45, 2.75) is 13.5 Å². The number of nitrogens with one attached hydrogen (secondary N) is 1. The van der Waals surface area contributed by atoms with Gasteiger partial charge in [-0.05, 0) is 24.6 Å². The molecule has 28 heavy (non-hydrogen) atoms. The zero-order valence-electron chi connectivity index (χ0n) is 16.1. The number of benzene rings is 1. The van der Waals surface area contributed by atoms with Crippen molar-refractivity contribution in [3.63, 3.8) is 0 Å². The summed E-state index contributed by atoms with van der Waals surface area (Å²) < 4.78 is 6.60. The number of hydrogen-bond acceptors (Lipinski definition) is 4. The summed E-state index contributed by atoms with van der Waals surface area (Å²) in [6.45, 7) is 3.72. The molecule has 0 saturated heterocycles. The first-order chi connectivity index (χ1) is 13.7. The van der Waals surface area contributed by atoms with Gasteiger partial charge in [-0.3, -0.25) is 14.0 Å². The van der Waals surface area contributed by atoms with Crippen LogP contribution < -0.4 is 5.32 Å². The number of carbonyl (C=O) groups excluding carboxylic acids is 2. The van der Waals surface area contributed by atoms with Gasteiger partial charge in [-0.1, -0.05) is 36.4 Å². The van der Waals surface area contributed by atoms with Gasteiger partial charge in [-0.2, -0.15) is 0 Å². The number of ether oxygens (including phenoxy) is 1. The number of nitrogens with zero attached hydrogens (tertiary/aromatic N) is 3. The first kappa shape index (κ1) is 19.6. The Bertz CT molecular complexity index is 953. The maximum atomic E-state index is 13.2. The lowest BCUT2D eigenvalue weighted by Crippen LogP contribution is -2.31. The Hall–Kier alpha value is -3.19. The van der Waals surface area contributed by atoms with E-state index in [4.69, 9.17) is 4.74 Å². The van der Waals surface area contributed by atoms with Gasteiger partial charge >= 0.3 is 0 Å². The molecule has 1 N–H and O–H groups in total. The number of pyridine rings is 1. The molecule has 3 aromatic rings. The zero-order chi connectivity index (χ0) is 19.9. The second-order valence-corrected chi connectivity index (χ2v) is 6.29. The Morgan fingerprint density at radius 3 is 2.61 bits per heavy atom. The average Bonchev–Trinajstić information content (AvgIpc) is 3.12.